The minimum absolute atomic E-state index is 1.17. The molecule has 0 aromatic rings. The number of hydrogen-bond acceptors (Lipinski definition) is 1. The fourth-order valence-electron chi connectivity index (χ4n) is 1.03. The van der Waals surface area contributed by atoms with Gasteiger partial charge in [0, 0.05) is 0 Å². The minimum atomic E-state index is -1.17. The van der Waals surface area contributed by atoms with E-state index in [1.54, 1.807) is 0 Å². The average Bonchev–Trinajstić information content (AvgIpc) is 1.90. The van der Waals surface area contributed by atoms with Crippen LogP contribution < -0.4 is 0 Å². The van der Waals surface area contributed by atoms with Crippen LogP contribution >= 0.6 is 0 Å². The third-order valence-electron chi connectivity index (χ3n) is 1.53. The molecule has 0 spiro atoms. The summed E-state index contributed by atoms with van der Waals surface area (Å²) in [6.07, 6.45) is 6.35. The van der Waals surface area contributed by atoms with Gasteiger partial charge in [0.1, 0.15) is 0 Å². The Morgan fingerprint density at radius 2 is 1.75 bits per heavy atom. The van der Waals surface area contributed by atoms with E-state index < -0.39 is 18.1 Å². The van der Waals surface area contributed by atoms with Crippen LogP contribution in [0.3, 0.4) is 0 Å². The van der Waals surface area contributed by atoms with Gasteiger partial charge in [0.2, 0.25) is 0 Å². The molecule has 0 atom stereocenters. The van der Waals surface area contributed by atoms with Gasteiger partial charge in [0.05, 0.1) is 0 Å². The first-order valence-corrected chi connectivity index (χ1v) is 5.74. The summed E-state index contributed by atoms with van der Waals surface area (Å²) >= 11 is -1.17. The molecule has 0 bridgehead atoms. The summed E-state index contributed by atoms with van der Waals surface area (Å²) in [5.74, 6) is 0. The Bertz CT molecular complexity index is 116. The molecule has 1 rings (SSSR count). The molecule has 0 aliphatic heterocycles. The van der Waals surface area contributed by atoms with Crippen molar-refractivity contribution in [2.75, 3.05) is 0 Å². The van der Waals surface area contributed by atoms with Crippen molar-refractivity contribution in [3.8, 4) is 0 Å². The van der Waals surface area contributed by atoms with Crippen molar-refractivity contribution in [2.24, 2.45) is 0 Å². The molecule has 1 fully saturated rings. The van der Waals surface area contributed by atoms with E-state index >= 15 is 0 Å². The summed E-state index contributed by atoms with van der Waals surface area (Å²) in [4.78, 5) is 0. The third kappa shape index (κ3) is 1.70. The summed E-state index contributed by atoms with van der Waals surface area (Å²) in [7, 11) is 0. The fraction of sp³-hybridized carbons (Fsp3) is 0.833. The zero-order valence-corrected chi connectivity index (χ0v) is 7.79. The van der Waals surface area contributed by atoms with Crippen LogP contribution in [0.2, 0.25) is 0 Å². The molecular formula is C6H10OW. The van der Waals surface area contributed by atoms with Crippen LogP contribution in [-0.2, 0) is 21.5 Å². The normalized spacial score (nSPS) is 20.8. The molecule has 1 aliphatic carbocycles. The van der Waals surface area contributed by atoms with Gasteiger partial charge in [-0.15, -0.1) is 0 Å². The molecule has 0 saturated heterocycles. The van der Waals surface area contributed by atoms with Crippen molar-refractivity contribution < 1.29 is 21.5 Å². The van der Waals surface area contributed by atoms with Crippen LogP contribution in [0.15, 0.2) is 0 Å². The second-order valence-corrected chi connectivity index (χ2v) is 4.86. The molecule has 0 aromatic heterocycles. The van der Waals surface area contributed by atoms with Crippen LogP contribution in [0.1, 0.15) is 32.1 Å². The van der Waals surface area contributed by atoms with E-state index in [1.807, 2.05) is 0 Å². The van der Waals surface area contributed by atoms with Gasteiger partial charge in [0.15, 0.2) is 0 Å². The molecule has 46 valence electrons. The predicted molar refractivity (Wildman–Crippen MR) is 28.8 cm³/mol. The van der Waals surface area contributed by atoms with Gasteiger partial charge in [0.25, 0.3) is 0 Å². The molecule has 0 heterocycles. The van der Waals surface area contributed by atoms with Crippen molar-refractivity contribution in [1.29, 1.82) is 0 Å². The molecule has 0 aromatic carbocycles. The van der Waals surface area contributed by atoms with Gasteiger partial charge in [-0.05, 0) is 0 Å². The molecule has 0 amide bonds. The van der Waals surface area contributed by atoms with Crippen LogP contribution in [0.25, 0.3) is 0 Å². The summed E-state index contributed by atoms with van der Waals surface area (Å²) < 4.78 is 11.8. The SMILES string of the molecule is [O]=[W]=[C]1CCCCC1. The van der Waals surface area contributed by atoms with Crippen molar-refractivity contribution in [1.82, 2.24) is 0 Å². The maximum absolute atomic E-state index is 10.4. The number of hydrogen-bond donors (Lipinski definition) is 0. The molecule has 1 nitrogen and oxygen atoms in total. The molecule has 0 unspecified atom stereocenters. The van der Waals surface area contributed by atoms with Crippen molar-refractivity contribution in [3.05, 3.63) is 0 Å². The molecule has 1 aliphatic rings. The first kappa shape index (κ1) is 6.48. The van der Waals surface area contributed by atoms with Gasteiger partial charge in [-0.2, -0.15) is 0 Å². The van der Waals surface area contributed by atoms with Crippen LogP contribution in [0.5, 0.6) is 0 Å². The first-order chi connectivity index (χ1) is 3.93. The Kier molecular flexibility index (Phi) is 2.75. The van der Waals surface area contributed by atoms with Crippen molar-refractivity contribution in [3.63, 3.8) is 0 Å². The maximum atomic E-state index is 10.4. The Morgan fingerprint density at radius 3 is 2.12 bits per heavy atom. The fourth-order valence-corrected chi connectivity index (χ4v) is 2.67. The molecule has 0 radical (unpaired) electrons. The Balaban J connectivity index is 2.45. The Hall–Kier alpha value is 0.358. The van der Waals surface area contributed by atoms with Gasteiger partial charge in [-0.1, -0.05) is 0 Å². The molecule has 2 heteroatoms. The van der Waals surface area contributed by atoms with E-state index in [2.05, 4.69) is 0 Å². The van der Waals surface area contributed by atoms with E-state index in [0.717, 1.165) is 0 Å². The van der Waals surface area contributed by atoms with E-state index in [-0.39, 0.29) is 0 Å². The monoisotopic (exact) mass is 282 g/mol. The standard InChI is InChI=1S/C6H10.O.W/c1-2-4-6-5-3-1;;/h1-5H2;;. The molecule has 1 saturated carbocycles. The second-order valence-electron chi connectivity index (χ2n) is 2.18. The summed E-state index contributed by atoms with van der Waals surface area (Å²) in [5.41, 5.74) is 0. The van der Waals surface area contributed by atoms with E-state index in [4.69, 9.17) is 0 Å². The van der Waals surface area contributed by atoms with E-state index in [0.29, 0.717) is 0 Å². The zero-order chi connectivity index (χ0) is 5.82. The molecular weight excluding hydrogens is 272 g/mol. The van der Waals surface area contributed by atoms with Gasteiger partial charge < -0.3 is 0 Å². The third-order valence-corrected chi connectivity index (χ3v) is 3.84. The average molecular weight is 282 g/mol. The summed E-state index contributed by atoms with van der Waals surface area (Å²) in [6, 6.07) is 0. The second kappa shape index (κ2) is 3.40. The van der Waals surface area contributed by atoms with Crippen LogP contribution in [0, 0.1) is 0 Å². The Morgan fingerprint density at radius 1 is 1.12 bits per heavy atom. The summed E-state index contributed by atoms with van der Waals surface area (Å²) in [5, 5.41) is 0. The number of rotatable bonds is 0. The van der Waals surface area contributed by atoms with Crippen molar-refractivity contribution >= 4 is 3.90 Å². The summed E-state index contributed by atoms with van der Waals surface area (Å²) in [6.45, 7) is 0. The molecule has 8 heavy (non-hydrogen) atoms. The van der Waals surface area contributed by atoms with Gasteiger partial charge in [-0.3, -0.25) is 0 Å². The van der Waals surface area contributed by atoms with Crippen LogP contribution in [0.4, 0.5) is 0 Å². The first-order valence-electron chi connectivity index (χ1n) is 3.08. The predicted octanol–water partition coefficient (Wildman–Crippen LogP) is 1.55. The topological polar surface area (TPSA) is 17.1 Å². The van der Waals surface area contributed by atoms with Crippen molar-refractivity contribution in [2.45, 2.75) is 32.1 Å². The van der Waals surface area contributed by atoms with E-state index in [1.165, 1.54) is 36.0 Å². The van der Waals surface area contributed by atoms with Crippen LogP contribution in [-0.4, -0.2) is 3.90 Å². The van der Waals surface area contributed by atoms with E-state index in [9.17, 15) is 3.40 Å². The molecule has 0 N–H and O–H groups in total. The van der Waals surface area contributed by atoms with Gasteiger partial charge in [-0.25, -0.2) is 0 Å². The quantitative estimate of drug-likeness (QED) is 0.659. The van der Waals surface area contributed by atoms with Gasteiger partial charge >= 0.3 is 57.5 Å². The Labute approximate surface area is 57.8 Å². The zero-order valence-electron chi connectivity index (χ0n) is 4.85.